The number of anilines is 1. The van der Waals surface area contributed by atoms with Crippen molar-refractivity contribution in [1.29, 1.82) is 0 Å². The van der Waals surface area contributed by atoms with Gasteiger partial charge < -0.3 is 14.9 Å². The minimum Gasteiger partial charge on any atom is -0.475 e. The van der Waals surface area contributed by atoms with Crippen molar-refractivity contribution in [2.24, 2.45) is 5.84 Å². The fraction of sp³-hybridized carbons (Fsp3) is 0.714. The maximum absolute atomic E-state index is 5.69. The van der Waals surface area contributed by atoms with Crippen molar-refractivity contribution in [2.45, 2.75) is 53.1 Å². The number of aromatic nitrogens is 2. The van der Waals surface area contributed by atoms with Crippen molar-refractivity contribution in [3.8, 4) is 5.88 Å². The first-order chi connectivity index (χ1) is 9.24. The van der Waals surface area contributed by atoms with Crippen molar-refractivity contribution in [3.05, 3.63) is 11.4 Å². The van der Waals surface area contributed by atoms with Crippen molar-refractivity contribution < 1.29 is 9.47 Å². The largest absolute Gasteiger partial charge is 0.475 e. The van der Waals surface area contributed by atoms with Gasteiger partial charge in [-0.05, 0) is 27.7 Å². The van der Waals surface area contributed by atoms with Crippen LogP contribution in [-0.2, 0) is 4.74 Å². The molecule has 0 aliphatic rings. The summed E-state index contributed by atoms with van der Waals surface area (Å²) < 4.78 is 11.3. The smallest absolute Gasteiger partial charge is 0.221 e. The molecule has 1 aromatic heterocycles. The van der Waals surface area contributed by atoms with Gasteiger partial charge in [-0.15, -0.1) is 0 Å². The Bertz CT molecular complexity index is 442. The third kappa shape index (κ3) is 4.94. The first kappa shape index (κ1) is 16.7. The van der Waals surface area contributed by atoms with Crippen LogP contribution in [0.5, 0.6) is 5.88 Å². The van der Waals surface area contributed by atoms with E-state index in [9.17, 15) is 0 Å². The average Bonchev–Trinajstić information content (AvgIpc) is 2.34. The van der Waals surface area contributed by atoms with E-state index in [4.69, 9.17) is 15.3 Å². The fourth-order valence-corrected chi connectivity index (χ4v) is 1.54. The van der Waals surface area contributed by atoms with E-state index in [-0.39, 0.29) is 11.5 Å². The van der Waals surface area contributed by atoms with Crippen LogP contribution in [0.25, 0.3) is 0 Å². The Morgan fingerprint density at radius 1 is 1.20 bits per heavy atom. The lowest BCUT2D eigenvalue weighted by Crippen LogP contribution is -2.23. The summed E-state index contributed by atoms with van der Waals surface area (Å²) in [6.07, 6.45) is 0. The highest BCUT2D eigenvalue weighted by Gasteiger charge is 2.14. The predicted octanol–water partition coefficient (Wildman–Crippen LogP) is 2.39. The number of nitrogens with two attached hydrogens (primary N) is 1. The van der Waals surface area contributed by atoms with Crippen LogP contribution >= 0.6 is 0 Å². The zero-order valence-electron chi connectivity index (χ0n) is 13.3. The summed E-state index contributed by atoms with van der Waals surface area (Å²) in [7, 11) is 0. The van der Waals surface area contributed by atoms with Crippen LogP contribution in [0.1, 0.15) is 51.9 Å². The lowest BCUT2D eigenvalue weighted by molar-refractivity contribution is -0.0169. The van der Waals surface area contributed by atoms with Crippen LogP contribution in [0, 0.1) is 6.92 Å². The molecule has 20 heavy (non-hydrogen) atoms. The highest BCUT2D eigenvalue weighted by Crippen LogP contribution is 2.24. The van der Waals surface area contributed by atoms with Crippen molar-refractivity contribution in [3.63, 3.8) is 0 Å². The number of hydrazine groups is 1. The Labute approximate surface area is 121 Å². The molecule has 6 nitrogen and oxygen atoms in total. The topological polar surface area (TPSA) is 82.3 Å². The van der Waals surface area contributed by atoms with Gasteiger partial charge in [0.15, 0.2) is 0 Å². The fourth-order valence-electron chi connectivity index (χ4n) is 1.54. The molecule has 0 saturated carbocycles. The Morgan fingerprint density at radius 3 is 2.35 bits per heavy atom. The molecule has 0 aliphatic heterocycles. The molecule has 1 heterocycles. The number of nitrogens with one attached hydrogen (secondary N) is 1. The Balaban J connectivity index is 2.75. The van der Waals surface area contributed by atoms with Crippen molar-refractivity contribution >= 4 is 5.82 Å². The molecule has 0 fully saturated rings. The quantitative estimate of drug-likeness (QED) is 0.473. The highest BCUT2D eigenvalue weighted by atomic mass is 16.5. The molecular weight excluding hydrogens is 256 g/mol. The van der Waals surface area contributed by atoms with Crippen molar-refractivity contribution in [1.82, 2.24) is 9.97 Å². The van der Waals surface area contributed by atoms with E-state index in [1.807, 2.05) is 41.5 Å². The van der Waals surface area contributed by atoms with E-state index in [2.05, 4.69) is 15.4 Å². The number of hydrogen-bond donors (Lipinski definition) is 2. The number of nitrogen functional groups attached to an aromatic ring is 1. The van der Waals surface area contributed by atoms with Crippen LogP contribution in [0.15, 0.2) is 0 Å². The zero-order valence-corrected chi connectivity index (χ0v) is 13.3. The summed E-state index contributed by atoms with van der Waals surface area (Å²) in [4.78, 5) is 8.79. The Kier molecular flexibility index (Phi) is 5.71. The lowest BCUT2D eigenvalue weighted by atomic mass is 10.2. The van der Waals surface area contributed by atoms with Gasteiger partial charge in [-0.1, -0.05) is 13.8 Å². The van der Waals surface area contributed by atoms with Gasteiger partial charge in [0.1, 0.15) is 18.2 Å². The highest BCUT2D eigenvalue weighted by molar-refractivity contribution is 5.47. The van der Waals surface area contributed by atoms with E-state index in [1.165, 1.54) is 0 Å². The van der Waals surface area contributed by atoms with Crippen LogP contribution in [0.4, 0.5) is 5.82 Å². The molecule has 114 valence electrons. The summed E-state index contributed by atoms with van der Waals surface area (Å²) >= 11 is 0. The minimum absolute atomic E-state index is 0.169. The standard InChI is InChI=1S/C14H26N4O2/c1-9(2)11-16-12(18-15)10(3)13(17-11)19-7-8-20-14(4,5)6/h9H,7-8,15H2,1-6H3,(H,16,17,18). The maximum Gasteiger partial charge on any atom is 0.221 e. The molecule has 3 N–H and O–H groups in total. The molecule has 6 heteroatoms. The second-order valence-electron chi connectivity index (χ2n) is 5.97. The summed E-state index contributed by atoms with van der Waals surface area (Å²) in [6.45, 7) is 12.9. The Morgan fingerprint density at radius 2 is 1.85 bits per heavy atom. The second kappa shape index (κ2) is 6.85. The monoisotopic (exact) mass is 282 g/mol. The van der Waals surface area contributed by atoms with Gasteiger partial charge in [0.2, 0.25) is 5.88 Å². The van der Waals surface area contributed by atoms with E-state index in [0.717, 1.165) is 5.56 Å². The third-order valence-electron chi connectivity index (χ3n) is 2.63. The molecule has 1 rings (SSSR count). The first-order valence-corrected chi connectivity index (χ1v) is 6.86. The molecule has 0 aliphatic carbocycles. The van der Waals surface area contributed by atoms with Crippen LogP contribution in [-0.4, -0.2) is 28.8 Å². The molecule has 0 saturated heterocycles. The molecule has 0 unspecified atom stereocenters. The van der Waals surface area contributed by atoms with E-state index >= 15 is 0 Å². The molecule has 0 atom stereocenters. The summed E-state index contributed by atoms with van der Waals surface area (Å²) in [5, 5.41) is 0. The van der Waals surface area contributed by atoms with Gasteiger partial charge >= 0.3 is 0 Å². The molecular formula is C14H26N4O2. The van der Waals surface area contributed by atoms with Gasteiger partial charge in [-0.3, -0.25) is 0 Å². The SMILES string of the molecule is Cc1c(NN)nc(C(C)C)nc1OCCOC(C)(C)C. The van der Waals surface area contributed by atoms with Gasteiger partial charge in [0.05, 0.1) is 17.8 Å². The van der Waals surface area contributed by atoms with Gasteiger partial charge in [0, 0.05) is 5.92 Å². The first-order valence-electron chi connectivity index (χ1n) is 6.86. The van der Waals surface area contributed by atoms with Gasteiger partial charge in [0.25, 0.3) is 0 Å². The van der Waals surface area contributed by atoms with E-state index in [1.54, 1.807) is 0 Å². The summed E-state index contributed by atoms with van der Waals surface area (Å²) in [5.41, 5.74) is 3.21. The van der Waals surface area contributed by atoms with E-state index in [0.29, 0.717) is 30.7 Å². The number of hydrogen-bond acceptors (Lipinski definition) is 6. The third-order valence-corrected chi connectivity index (χ3v) is 2.63. The molecule has 0 spiro atoms. The summed E-state index contributed by atoms with van der Waals surface area (Å²) in [6, 6.07) is 0. The molecule has 0 radical (unpaired) electrons. The molecule has 1 aromatic rings. The molecule has 0 bridgehead atoms. The number of ether oxygens (including phenoxy) is 2. The predicted molar refractivity (Wildman–Crippen MR) is 79.9 cm³/mol. The van der Waals surface area contributed by atoms with Gasteiger partial charge in [-0.2, -0.15) is 4.98 Å². The van der Waals surface area contributed by atoms with Gasteiger partial charge in [-0.25, -0.2) is 10.8 Å². The second-order valence-corrected chi connectivity index (χ2v) is 5.97. The Hall–Kier alpha value is -1.40. The summed E-state index contributed by atoms with van der Waals surface area (Å²) in [5.74, 6) is 7.53. The molecule has 0 aromatic carbocycles. The molecule has 0 amide bonds. The average molecular weight is 282 g/mol. The van der Waals surface area contributed by atoms with E-state index < -0.39 is 0 Å². The maximum atomic E-state index is 5.69. The zero-order chi connectivity index (χ0) is 15.3. The number of nitrogens with zero attached hydrogens (tertiary/aromatic N) is 2. The number of rotatable bonds is 6. The van der Waals surface area contributed by atoms with Crippen molar-refractivity contribution in [2.75, 3.05) is 18.6 Å². The van der Waals surface area contributed by atoms with Crippen LogP contribution in [0.3, 0.4) is 0 Å². The van der Waals surface area contributed by atoms with Crippen LogP contribution < -0.4 is 16.0 Å². The lowest BCUT2D eigenvalue weighted by Gasteiger charge is -2.20. The normalized spacial score (nSPS) is 11.8. The minimum atomic E-state index is -0.169. The van der Waals surface area contributed by atoms with Crippen LogP contribution in [0.2, 0.25) is 0 Å².